The average molecular weight is 340 g/mol. The van der Waals surface area contributed by atoms with E-state index in [0.29, 0.717) is 19.0 Å². The zero-order chi connectivity index (χ0) is 16.9. The maximum Gasteiger partial charge on any atom is 0.315 e. The van der Waals surface area contributed by atoms with Gasteiger partial charge in [0.15, 0.2) is 0 Å². The first-order valence-corrected chi connectivity index (χ1v) is 9.34. The van der Waals surface area contributed by atoms with Crippen molar-refractivity contribution in [3.8, 4) is 0 Å². The summed E-state index contributed by atoms with van der Waals surface area (Å²) in [6.45, 7) is 10.6. The van der Waals surface area contributed by atoms with Crippen LogP contribution < -0.4 is 10.6 Å². The molecule has 0 radical (unpaired) electrons. The number of rotatable bonds is 5. The number of nitrogens with zero attached hydrogens (tertiary/aromatic N) is 1. The summed E-state index contributed by atoms with van der Waals surface area (Å²) in [4.78, 5) is 16.5. The van der Waals surface area contributed by atoms with Gasteiger partial charge in [-0.15, -0.1) is 11.3 Å². The third-order valence-electron chi connectivity index (χ3n) is 4.16. The molecule has 2 amide bonds. The molecule has 0 aromatic carbocycles. The van der Waals surface area contributed by atoms with Crippen LogP contribution in [0.3, 0.4) is 0 Å². The summed E-state index contributed by atoms with van der Waals surface area (Å²) in [7, 11) is 0. The fourth-order valence-corrected chi connectivity index (χ4v) is 3.80. The molecule has 130 valence electrons. The second-order valence-corrected chi connectivity index (χ2v) is 8.15. The van der Waals surface area contributed by atoms with E-state index in [4.69, 9.17) is 4.74 Å². The number of aryl methyl sites for hydroxylation is 1. The van der Waals surface area contributed by atoms with Crippen LogP contribution in [0.15, 0.2) is 5.38 Å². The van der Waals surface area contributed by atoms with Crippen molar-refractivity contribution in [3.63, 3.8) is 0 Å². The molecule has 5 nitrogen and oxygen atoms in total. The number of ether oxygens (including phenoxy) is 1. The van der Waals surface area contributed by atoms with Crippen LogP contribution in [-0.4, -0.2) is 30.3 Å². The molecule has 2 N–H and O–H groups in total. The minimum atomic E-state index is -0.130. The van der Waals surface area contributed by atoms with E-state index < -0.39 is 0 Å². The van der Waals surface area contributed by atoms with E-state index in [1.54, 1.807) is 11.3 Å². The largest absolute Gasteiger partial charge is 0.377 e. The first-order chi connectivity index (χ1) is 10.9. The molecule has 0 saturated carbocycles. The lowest BCUT2D eigenvalue weighted by molar-refractivity contribution is -0.0837. The normalized spacial score (nSPS) is 21.9. The minimum Gasteiger partial charge on any atom is -0.377 e. The van der Waals surface area contributed by atoms with Gasteiger partial charge in [-0.05, 0) is 24.7 Å². The number of urea groups is 1. The lowest BCUT2D eigenvalue weighted by Crippen LogP contribution is -2.46. The standard InChI is InChI=1S/C17H29N3O2S/c1-5-14-20-13(11-23-14)10-19-16(21)18-9-12-7-6-8-22-15(12)17(2,3)4/h11-12,15H,5-10H2,1-4H3,(H2,18,19,21). The van der Waals surface area contributed by atoms with Crippen molar-refractivity contribution >= 4 is 17.4 Å². The molecule has 2 rings (SSSR count). The Bertz CT molecular complexity index is 510. The molecule has 1 aromatic heterocycles. The molecule has 1 fully saturated rings. The summed E-state index contributed by atoms with van der Waals surface area (Å²) in [5.74, 6) is 0.375. The van der Waals surface area contributed by atoms with Gasteiger partial charge in [-0.2, -0.15) is 0 Å². The molecule has 1 aliphatic heterocycles. The van der Waals surface area contributed by atoms with Crippen LogP contribution >= 0.6 is 11.3 Å². The van der Waals surface area contributed by atoms with Gasteiger partial charge in [0.25, 0.3) is 0 Å². The summed E-state index contributed by atoms with van der Waals surface area (Å²) in [6, 6.07) is -0.130. The number of hydrogen-bond acceptors (Lipinski definition) is 4. The van der Waals surface area contributed by atoms with Gasteiger partial charge < -0.3 is 15.4 Å². The predicted octanol–water partition coefficient (Wildman–Crippen LogP) is 3.35. The SMILES string of the molecule is CCc1nc(CNC(=O)NCC2CCCOC2C(C)(C)C)cs1. The van der Waals surface area contributed by atoms with Gasteiger partial charge in [0.1, 0.15) is 0 Å². The van der Waals surface area contributed by atoms with Crippen LogP contribution in [0.4, 0.5) is 4.79 Å². The van der Waals surface area contributed by atoms with Gasteiger partial charge in [-0.25, -0.2) is 9.78 Å². The van der Waals surface area contributed by atoms with E-state index in [1.165, 1.54) is 0 Å². The maximum absolute atomic E-state index is 12.0. The van der Waals surface area contributed by atoms with E-state index in [0.717, 1.165) is 36.6 Å². The molecule has 0 bridgehead atoms. The van der Waals surface area contributed by atoms with Crippen molar-refractivity contribution in [1.82, 2.24) is 15.6 Å². The van der Waals surface area contributed by atoms with Crippen molar-refractivity contribution in [1.29, 1.82) is 0 Å². The van der Waals surface area contributed by atoms with Crippen molar-refractivity contribution in [3.05, 3.63) is 16.1 Å². The average Bonchev–Trinajstić information content (AvgIpc) is 2.98. The number of hydrogen-bond donors (Lipinski definition) is 2. The first-order valence-electron chi connectivity index (χ1n) is 8.46. The smallest absolute Gasteiger partial charge is 0.315 e. The molecular formula is C17H29N3O2S. The number of thiazole rings is 1. The number of carbonyl (C=O) groups is 1. The molecule has 1 aromatic rings. The van der Waals surface area contributed by atoms with Gasteiger partial charge in [0.05, 0.1) is 23.4 Å². The fraction of sp³-hybridized carbons (Fsp3) is 0.765. The highest BCUT2D eigenvalue weighted by Crippen LogP contribution is 2.33. The molecule has 1 saturated heterocycles. The fourth-order valence-electron chi connectivity index (χ4n) is 3.06. The third-order valence-corrected chi connectivity index (χ3v) is 5.20. The third kappa shape index (κ3) is 5.46. The predicted molar refractivity (Wildman–Crippen MR) is 93.6 cm³/mol. The Morgan fingerprint density at radius 3 is 2.87 bits per heavy atom. The van der Waals surface area contributed by atoms with Crippen LogP contribution in [0.5, 0.6) is 0 Å². The molecule has 0 spiro atoms. The zero-order valence-electron chi connectivity index (χ0n) is 14.6. The Kier molecular flexibility index (Phi) is 6.41. The number of carbonyl (C=O) groups excluding carboxylic acids is 1. The summed E-state index contributed by atoms with van der Waals surface area (Å²) in [5, 5.41) is 8.98. The molecule has 6 heteroatoms. The Balaban J connectivity index is 1.76. The Hall–Kier alpha value is -1.14. The number of amides is 2. The first kappa shape index (κ1) is 18.2. The quantitative estimate of drug-likeness (QED) is 0.865. The van der Waals surface area contributed by atoms with Gasteiger partial charge >= 0.3 is 6.03 Å². The molecule has 2 atom stereocenters. The van der Waals surface area contributed by atoms with Crippen molar-refractivity contribution in [2.45, 2.75) is 59.6 Å². The van der Waals surface area contributed by atoms with Crippen LogP contribution in [0.2, 0.25) is 0 Å². The Morgan fingerprint density at radius 1 is 1.43 bits per heavy atom. The topological polar surface area (TPSA) is 63.2 Å². The van der Waals surface area contributed by atoms with Crippen molar-refractivity contribution in [2.24, 2.45) is 11.3 Å². The molecule has 2 heterocycles. The van der Waals surface area contributed by atoms with Gasteiger partial charge in [0.2, 0.25) is 0 Å². The molecule has 2 unspecified atom stereocenters. The van der Waals surface area contributed by atoms with Crippen LogP contribution in [-0.2, 0) is 17.7 Å². The van der Waals surface area contributed by atoms with Crippen molar-refractivity contribution in [2.75, 3.05) is 13.2 Å². The van der Waals surface area contributed by atoms with E-state index >= 15 is 0 Å². The van der Waals surface area contributed by atoms with Crippen LogP contribution in [0.1, 0.15) is 51.2 Å². The highest BCUT2D eigenvalue weighted by molar-refractivity contribution is 7.09. The highest BCUT2D eigenvalue weighted by atomic mass is 32.1. The van der Waals surface area contributed by atoms with E-state index in [-0.39, 0.29) is 17.6 Å². The summed E-state index contributed by atoms with van der Waals surface area (Å²) >= 11 is 1.64. The van der Waals surface area contributed by atoms with Crippen LogP contribution in [0, 0.1) is 11.3 Å². The lowest BCUT2D eigenvalue weighted by atomic mass is 9.78. The van der Waals surface area contributed by atoms with Gasteiger partial charge in [-0.1, -0.05) is 27.7 Å². The summed E-state index contributed by atoms with van der Waals surface area (Å²) in [5.41, 5.74) is 1.02. The lowest BCUT2D eigenvalue weighted by Gasteiger charge is -2.40. The monoisotopic (exact) mass is 339 g/mol. The van der Waals surface area contributed by atoms with Crippen molar-refractivity contribution < 1.29 is 9.53 Å². The molecule has 0 aliphatic carbocycles. The second-order valence-electron chi connectivity index (χ2n) is 7.21. The van der Waals surface area contributed by atoms with Gasteiger partial charge in [0, 0.05) is 24.4 Å². The van der Waals surface area contributed by atoms with Gasteiger partial charge in [-0.3, -0.25) is 0 Å². The molecular weight excluding hydrogens is 310 g/mol. The van der Waals surface area contributed by atoms with E-state index in [2.05, 4.69) is 43.3 Å². The van der Waals surface area contributed by atoms with E-state index in [9.17, 15) is 4.79 Å². The summed E-state index contributed by atoms with van der Waals surface area (Å²) in [6.07, 6.45) is 3.31. The molecule has 1 aliphatic rings. The minimum absolute atomic E-state index is 0.0976. The second kappa shape index (κ2) is 8.11. The Morgan fingerprint density at radius 2 is 2.22 bits per heavy atom. The van der Waals surface area contributed by atoms with Crippen LogP contribution in [0.25, 0.3) is 0 Å². The number of aromatic nitrogens is 1. The highest BCUT2D eigenvalue weighted by Gasteiger charge is 2.35. The Labute approximate surface area is 143 Å². The zero-order valence-corrected chi connectivity index (χ0v) is 15.5. The number of nitrogens with one attached hydrogen (secondary N) is 2. The maximum atomic E-state index is 12.0. The summed E-state index contributed by atoms with van der Waals surface area (Å²) < 4.78 is 5.95. The van der Waals surface area contributed by atoms with E-state index in [1.807, 2.05) is 5.38 Å². The molecule has 23 heavy (non-hydrogen) atoms.